The van der Waals surface area contributed by atoms with Crippen LogP contribution in [-0.4, -0.2) is 67.8 Å². The van der Waals surface area contributed by atoms with Crippen LogP contribution >= 0.6 is 11.3 Å². The van der Waals surface area contributed by atoms with Crippen LogP contribution in [0.2, 0.25) is 0 Å². The number of benzene rings is 2. The zero-order valence-corrected chi connectivity index (χ0v) is 20.7. The predicted octanol–water partition coefficient (Wildman–Crippen LogP) is 4.07. The van der Waals surface area contributed by atoms with E-state index >= 15 is 0 Å². The Labute approximate surface area is 199 Å². The van der Waals surface area contributed by atoms with E-state index in [1.807, 2.05) is 24.3 Å². The van der Waals surface area contributed by atoms with Crippen molar-refractivity contribution >= 4 is 42.6 Å². The molecule has 0 atom stereocenters. The predicted molar refractivity (Wildman–Crippen MR) is 134 cm³/mol. The number of anilines is 1. The molecule has 176 valence electrons. The third kappa shape index (κ3) is 5.11. The third-order valence-corrected chi connectivity index (χ3v) is 9.07. The molecule has 0 aliphatic carbocycles. The summed E-state index contributed by atoms with van der Waals surface area (Å²) in [5, 5.41) is 0.655. The monoisotopic (exact) mass is 486 g/mol. The summed E-state index contributed by atoms with van der Waals surface area (Å²) in [6.45, 7) is 8.37. The maximum absolute atomic E-state index is 13.5. The molecule has 3 aromatic rings. The Bertz CT molecular complexity index is 1160. The number of hydrogen-bond acceptors (Lipinski definition) is 6. The lowest BCUT2D eigenvalue weighted by Gasteiger charge is -2.25. The Hall–Kier alpha value is -2.33. The topological polar surface area (TPSA) is 73.8 Å². The molecule has 0 spiro atoms. The number of fused-ring (bicyclic) bond motifs is 1. The number of likely N-dealkylation sites (N-methyl/N-ethyl adjacent to an activating group) is 1. The van der Waals surface area contributed by atoms with Crippen molar-refractivity contribution in [2.75, 3.05) is 44.2 Å². The van der Waals surface area contributed by atoms with Crippen molar-refractivity contribution in [2.45, 2.75) is 31.6 Å². The van der Waals surface area contributed by atoms with Crippen LogP contribution in [0, 0.1) is 0 Å². The first kappa shape index (κ1) is 23.8. The second-order valence-electron chi connectivity index (χ2n) is 8.08. The minimum absolute atomic E-state index is 0.175. The van der Waals surface area contributed by atoms with Crippen LogP contribution in [0.1, 0.15) is 37.0 Å². The molecule has 0 bridgehead atoms. The van der Waals surface area contributed by atoms with Crippen molar-refractivity contribution in [3.05, 3.63) is 54.1 Å². The third-order valence-electron chi connectivity index (χ3n) is 6.10. The normalized spacial score (nSPS) is 14.9. The van der Waals surface area contributed by atoms with Crippen LogP contribution in [0.4, 0.5) is 5.13 Å². The van der Waals surface area contributed by atoms with Crippen molar-refractivity contribution in [3.8, 4) is 0 Å². The Kier molecular flexibility index (Phi) is 7.43. The summed E-state index contributed by atoms with van der Waals surface area (Å²) in [5.41, 5.74) is 1.32. The first-order valence-corrected chi connectivity index (χ1v) is 13.7. The number of thiazole rings is 1. The van der Waals surface area contributed by atoms with Gasteiger partial charge in [-0.2, -0.15) is 4.31 Å². The highest BCUT2D eigenvalue weighted by molar-refractivity contribution is 7.89. The number of carbonyl (C=O) groups is 1. The van der Waals surface area contributed by atoms with Crippen LogP contribution < -0.4 is 4.90 Å². The fourth-order valence-corrected chi connectivity index (χ4v) is 6.55. The van der Waals surface area contributed by atoms with Gasteiger partial charge in [0.05, 0.1) is 15.1 Å². The zero-order chi connectivity index (χ0) is 23.4. The van der Waals surface area contributed by atoms with E-state index in [-0.39, 0.29) is 10.8 Å². The molecule has 1 saturated heterocycles. The molecule has 0 radical (unpaired) electrons. The van der Waals surface area contributed by atoms with Crippen LogP contribution in [0.5, 0.6) is 0 Å². The summed E-state index contributed by atoms with van der Waals surface area (Å²) < 4.78 is 28.2. The van der Waals surface area contributed by atoms with Gasteiger partial charge in [0, 0.05) is 31.7 Å². The fourth-order valence-electron chi connectivity index (χ4n) is 4.04. The molecule has 1 amide bonds. The van der Waals surface area contributed by atoms with Gasteiger partial charge in [-0.1, -0.05) is 37.3 Å². The first-order chi connectivity index (χ1) is 15.9. The molecular formula is C24H30N4O3S2. The molecule has 1 aliphatic rings. The lowest BCUT2D eigenvalue weighted by Crippen LogP contribution is -2.38. The van der Waals surface area contributed by atoms with Gasteiger partial charge in [-0.3, -0.25) is 9.69 Å². The first-order valence-electron chi connectivity index (χ1n) is 11.4. The van der Waals surface area contributed by atoms with Crippen molar-refractivity contribution < 1.29 is 13.2 Å². The van der Waals surface area contributed by atoms with E-state index in [4.69, 9.17) is 4.98 Å². The number of aromatic nitrogens is 1. The molecular weight excluding hydrogens is 456 g/mol. The summed E-state index contributed by atoms with van der Waals surface area (Å²) in [4.78, 5) is 22.5. The van der Waals surface area contributed by atoms with E-state index in [1.165, 1.54) is 15.6 Å². The summed E-state index contributed by atoms with van der Waals surface area (Å²) in [7, 11) is -3.51. The van der Waals surface area contributed by atoms with Gasteiger partial charge in [-0.05, 0) is 62.3 Å². The van der Waals surface area contributed by atoms with Crippen LogP contribution in [0.3, 0.4) is 0 Å². The highest BCUT2D eigenvalue weighted by atomic mass is 32.2. The molecule has 0 unspecified atom stereocenters. The molecule has 2 aromatic carbocycles. The van der Waals surface area contributed by atoms with Gasteiger partial charge < -0.3 is 4.90 Å². The molecule has 0 N–H and O–H groups in total. The maximum atomic E-state index is 13.5. The molecule has 4 rings (SSSR count). The number of carbonyl (C=O) groups excluding carboxylic acids is 1. The van der Waals surface area contributed by atoms with Crippen LogP contribution in [0.25, 0.3) is 10.2 Å². The van der Waals surface area contributed by atoms with E-state index in [1.54, 1.807) is 29.2 Å². The fraction of sp³-hybridized carbons (Fsp3) is 0.417. The van der Waals surface area contributed by atoms with E-state index in [0.717, 1.165) is 42.7 Å². The largest absolute Gasteiger partial charge is 0.302 e. The van der Waals surface area contributed by atoms with Gasteiger partial charge in [0.2, 0.25) is 10.0 Å². The number of nitrogens with zero attached hydrogens (tertiary/aromatic N) is 4. The molecule has 33 heavy (non-hydrogen) atoms. The van der Waals surface area contributed by atoms with Crippen molar-refractivity contribution in [1.29, 1.82) is 0 Å². The lowest BCUT2D eigenvalue weighted by molar-refractivity contribution is 0.0983. The van der Waals surface area contributed by atoms with E-state index in [2.05, 4.69) is 18.7 Å². The summed E-state index contributed by atoms with van der Waals surface area (Å²) in [6, 6.07) is 14.2. The van der Waals surface area contributed by atoms with Gasteiger partial charge in [0.1, 0.15) is 0 Å². The summed E-state index contributed by atoms with van der Waals surface area (Å²) in [5.74, 6) is -0.175. The van der Waals surface area contributed by atoms with Gasteiger partial charge >= 0.3 is 0 Å². The van der Waals surface area contributed by atoms with Crippen molar-refractivity contribution in [3.63, 3.8) is 0 Å². The molecule has 1 aliphatic heterocycles. The molecule has 1 aromatic heterocycles. The Morgan fingerprint density at radius 3 is 2.30 bits per heavy atom. The molecule has 0 saturated carbocycles. The minimum atomic E-state index is -3.51. The molecule has 2 heterocycles. The Morgan fingerprint density at radius 2 is 1.67 bits per heavy atom. The SMILES string of the molecule is CCN(CC)CCN(C(=O)c1ccc(S(=O)(=O)N2CCCC2)cc1)c1nc2ccccc2s1. The van der Waals surface area contributed by atoms with Gasteiger partial charge in [-0.15, -0.1) is 0 Å². The lowest BCUT2D eigenvalue weighted by atomic mass is 10.2. The highest BCUT2D eigenvalue weighted by Gasteiger charge is 2.28. The second-order valence-corrected chi connectivity index (χ2v) is 11.0. The molecule has 9 heteroatoms. The minimum Gasteiger partial charge on any atom is -0.302 e. The Balaban J connectivity index is 1.61. The van der Waals surface area contributed by atoms with Gasteiger partial charge in [0.15, 0.2) is 5.13 Å². The molecule has 1 fully saturated rings. The van der Waals surface area contributed by atoms with Crippen molar-refractivity contribution in [1.82, 2.24) is 14.2 Å². The smallest absolute Gasteiger partial charge is 0.260 e. The van der Waals surface area contributed by atoms with E-state index < -0.39 is 10.0 Å². The van der Waals surface area contributed by atoms with Crippen LogP contribution in [0.15, 0.2) is 53.4 Å². The second kappa shape index (κ2) is 10.3. The summed E-state index contributed by atoms with van der Waals surface area (Å²) >= 11 is 1.49. The average molecular weight is 487 g/mol. The van der Waals surface area contributed by atoms with Crippen molar-refractivity contribution in [2.24, 2.45) is 0 Å². The summed E-state index contributed by atoms with van der Waals surface area (Å²) in [6.07, 6.45) is 1.78. The average Bonchev–Trinajstić information content (AvgIpc) is 3.52. The van der Waals surface area contributed by atoms with E-state index in [9.17, 15) is 13.2 Å². The highest BCUT2D eigenvalue weighted by Crippen LogP contribution is 2.30. The zero-order valence-electron chi connectivity index (χ0n) is 19.1. The molecule has 7 nitrogen and oxygen atoms in total. The Morgan fingerprint density at radius 1 is 1.00 bits per heavy atom. The van der Waals surface area contributed by atoms with Gasteiger partial charge in [-0.25, -0.2) is 13.4 Å². The number of rotatable bonds is 9. The maximum Gasteiger partial charge on any atom is 0.260 e. The van der Waals surface area contributed by atoms with Crippen LogP contribution in [-0.2, 0) is 10.0 Å². The number of sulfonamides is 1. The standard InChI is InChI=1S/C24H30N4O3S2/c1-3-26(4-2)17-18-28(24-25-21-9-5-6-10-22(21)32-24)23(29)19-11-13-20(14-12-19)33(30,31)27-15-7-8-16-27/h5-6,9-14H,3-4,7-8,15-18H2,1-2H3. The van der Waals surface area contributed by atoms with E-state index in [0.29, 0.717) is 30.3 Å². The van der Waals surface area contributed by atoms with Gasteiger partial charge in [0.25, 0.3) is 5.91 Å². The number of hydrogen-bond donors (Lipinski definition) is 0. The quantitative estimate of drug-likeness (QED) is 0.456. The number of amides is 1. The number of para-hydroxylation sites is 1.